The maximum atomic E-state index is 12.8. The molecule has 0 bridgehead atoms. The Bertz CT molecular complexity index is 596. The average molecular weight is 272 g/mol. The molecular formula is C16H17FN2O. The van der Waals surface area contributed by atoms with Crippen LogP contribution in [0.2, 0.25) is 0 Å². The lowest BCUT2D eigenvalue weighted by atomic mass is 10.1. The van der Waals surface area contributed by atoms with Gasteiger partial charge in [0, 0.05) is 19.3 Å². The fraction of sp³-hybridized carbons (Fsp3) is 0.250. The summed E-state index contributed by atoms with van der Waals surface area (Å²) in [5, 5.41) is 0. The fourth-order valence-corrected chi connectivity index (χ4v) is 2.01. The van der Waals surface area contributed by atoms with Crippen LogP contribution in [-0.4, -0.2) is 22.3 Å². The molecule has 1 aromatic carbocycles. The quantitative estimate of drug-likeness (QED) is 0.801. The van der Waals surface area contributed by atoms with Gasteiger partial charge in [-0.05, 0) is 37.1 Å². The van der Waals surface area contributed by atoms with Crippen LogP contribution in [0, 0.1) is 12.9 Å². The van der Waals surface area contributed by atoms with E-state index in [2.05, 4.69) is 4.98 Å². The molecule has 0 fully saturated rings. The lowest BCUT2D eigenvalue weighted by Crippen LogP contribution is -2.30. The van der Waals surface area contributed by atoms with Gasteiger partial charge in [-0.3, -0.25) is 4.79 Å². The Balaban J connectivity index is 2.18. The molecule has 0 saturated heterocycles. The zero-order valence-electron chi connectivity index (χ0n) is 11.6. The molecule has 0 atom stereocenters. The summed E-state index contributed by atoms with van der Waals surface area (Å²) in [6, 6.07) is 10.6. The third-order valence-corrected chi connectivity index (χ3v) is 3.27. The SMILES string of the molecule is CCN(Cc1ccccc1C)C(=O)c1ccc(F)nc1. The number of amides is 1. The van der Waals surface area contributed by atoms with E-state index in [0.717, 1.165) is 11.1 Å². The molecule has 0 aliphatic rings. The summed E-state index contributed by atoms with van der Waals surface area (Å²) in [6.07, 6.45) is 1.28. The molecule has 0 aliphatic carbocycles. The van der Waals surface area contributed by atoms with Crippen LogP contribution in [0.1, 0.15) is 28.4 Å². The molecular weight excluding hydrogens is 255 g/mol. The highest BCUT2D eigenvalue weighted by Gasteiger charge is 2.15. The second-order valence-corrected chi connectivity index (χ2v) is 4.62. The predicted octanol–water partition coefficient (Wildman–Crippen LogP) is 3.19. The molecule has 1 heterocycles. The molecule has 1 amide bonds. The molecule has 3 nitrogen and oxygen atoms in total. The number of carbonyl (C=O) groups is 1. The van der Waals surface area contributed by atoms with Crippen LogP contribution < -0.4 is 0 Å². The van der Waals surface area contributed by atoms with Crippen LogP contribution in [0.4, 0.5) is 4.39 Å². The number of hydrogen-bond acceptors (Lipinski definition) is 2. The van der Waals surface area contributed by atoms with Gasteiger partial charge in [-0.1, -0.05) is 24.3 Å². The number of benzene rings is 1. The molecule has 1 aromatic heterocycles. The highest BCUT2D eigenvalue weighted by Crippen LogP contribution is 2.13. The lowest BCUT2D eigenvalue weighted by molar-refractivity contribution is 0.0752. The number of hydrogen-bond donors (Lipinski definition) is 0. The molecule has 104 valence electrons. The monoisotopic (exact) mass is 272 g/mol. The first-order chi connectivity index (χ1) is 9.61. The Morgan fingerprint density at radius 3 is 2.60 bits per heavy atom. The summed E-state index contributed by atoms with van der Waals surface area (Å²) in [6.45, 7) is 5.07. The Morgan fingerprint density at radius 2 is 2.00 bits per heavy atom. The average Bonchev–Trinajstić information content (AvgIpc) is 2.46. The topological polar surface area (TPSA) is 33.2 Å². The first-order valence-corrected chi connectivity index (χ1v) is 6.57. The van der Waals surface area contributed by atoms with Gasteiger partial charge < -0.3 is 4.90 Å². The zero-order chi connectivity index (χ0) is 14.5. The largest absolute Gasteiger partial charge is 0.335 e. The van der Waals surface area contributed by atoms with E-state index in [1.807, 2.05) is 38.1 Å². The van der Waals surface area contributed by atoms with Crippen molar-refractivity contribution in [3.05, 3.63) is 65.2 Å². The first-order valence-electron chi connectivity index (χ1n) is 6.57. The summed E-state index contributed by atoms with van der Waals surface area (Å²) >= 11 is 0. The molecule has 4 heteroatoms. The number of pyridine rings is 1. The van der Waals surface area contributed by atoms with E-state index in [1.165, 1.54) is 18.3 Å². The molecule has 0 radical (unpaired) electrons. The maximum Gasteiger partial charge on any atom is 0.255 e. The minimum absolute atomic E-state index is 0.136. The summed E-state index contributed by atoms with van der Waals surface area (Å²) in [5.41, 5.74) is 2.66. The number of halogens is 1. The van der Waals surface area contributed by atoms with Gasteiger partial charge in [-0.2, -0.15) is 4.39 Å². The second kappa shape index (κ2) is 6.28. The highest BCUT2D eigenvalue weighted by atomic mass is 19.1. The third-order valence-electron chi connectivity index (χ3n) is 3.27. The summed E-state index contributed by atoms with van der Waals surface area (Å²) in [7, 11) is 0. The van der Waals surface area contributed by atoms with E-state index in [-0.39, 0.29) is 5.91 Å². The minimum Gasteiger partial charge on any atom is -0.335 e. The smallest absolute Gasteiger partial charge is 0.255 e. The van der Waals surface area contributed by atoms with Crippen LogP contribution in [0.25, 0.3) is 0 Å². The van der Waals surface area contributed by atoms with Crippen LogP contribution in [0.5, 0.6) is 0 Å². The normalized spacial score (nSPS) is 10.3. The molecule has 0 spiro atoms. The summed E-state index contributed by atoms with van der Waals surface area (Å²) in [4.78, 5) is 17.6. The molecule has 0 saturated carbocycles. The van der Waals surface area contributed by atoms with Crippen molar-refractivity contribution in [1.29, 1.82) is 0 Å². The second-order valence-electron chi connectivity index (χ2n) is 4.62. The van der Waals surface area contributed by atoms with Crippen molar-refractivity contribution in [1.82, 2.24) is 9.88 Å². The van der Waals surface area contributed by atoms with Gasteiger partial charge in [-0.25, -0.2) is 4.98 Å². The van der Waals surface area contributed by atoms with Crippen molar-refractivity contribution in [3.8, 4) is 0 Å². The van der Waals surface area contributed by atoms with Crippen molar-refractivity contribution < 1.29 is 9.18 Å². The van der Waals surface area contributed by atoms with Gasteiger partial charge in [0.1, 0.15) is 0 Å². The summed E-state index contributed by atoms with van der Waals surface area (Å²) < 4.78 is 12.8. The lowest BCUT2D eigenvalue weighted by Gasteiger charge is -2.22. The Morgan fingerprint density at radius 1 is 1.25 bits per heavy atom. The Hall–Kier alpha value is -2.23. The van der Waals surface area contributed by atoms with Gasteiger partial charge in [0.2, 0.25) is 5.95 Å². The van der Waals surface area contributed by atoms with E-state index in [0.29, 0.717) is 18.7 Å². The Kier molecular flexibility index (Phi) is 4.45. The van der Waals surface area contributed by atoms with E-state index in [1.54, 1.807) is 4.90 Å². The summed E-state index contributed by atoms with van der Waals surface area (Å²) in [5.74, 6) is -0.716. The van der Waals surface area contributed by atoms with Crippen molar-refractivity contribution in [2.75, 3.05) is 6.54 Å². The number of rotatable bonds is 4. The van der Waals surface area contributed by atoms with Crippen LogP contribution in [0.15, 0.2) is 42.6 Å². The van der Waals surface area contributed by atoms with E-state index >= 15 is 0 Å². The van der Waals surface area contributed by atoms with E-state index in [4.69, 9.17) is 0 Å². The fourth-order valence-electron chi connectivity index (χ4n) is 2.01. The van der Waals surface area contributed by atoms with Crippen LogP contribution in [0.3, 0.4) is 0 Å². The van der Waals surface area contributed by atoms with Crippen LogP contribution >= 0.6 is 0 Å². The molecule has 2 rings (SSSR count). The van der Waals surface area contributed by atoms with Gasteiger partial charge >= 0.3 is 0 Å². The van der Waals surface area contributed by atoms with Crippen molar-refractivity contribution in [2.45, 2.75) is 20.4 Å². The third kappa shape index (κ3) is 3.20. The standard InChI is InChI=1S/C16H17FN2O/c1-3-19(11-14-7-5-4-6-12(14)2)16(20)13-8-9-15(17)18-10-13/h4-10H,3,11H2,1-2H3. The molecule has 2 aromatic rings. The van der Waals surface area contributed by atoms with Crippen molar-refractivity contribution in [2.24, 2.45) is 0 Å². The van der Waals surface area contributed by atoms with Crippen molar-refractivity contribution in [3.63, 3.8) is 0 Å². The number of carbonyl (C=O) groups excluding carboxylic acids is 1. The number of aryl methyl sites for hydroxylation is 1. The van der Waals surface area contributed by atoms with Gasteiger partial charge in [0.25, 0.3) is 5.91 Å². The number of nitrogens with zero attached hydrogens (tertiary/aromatic N) is 2. The van der Waals surface area contributed by atoms with Gasteiger partial charge in [0.05, 0.1) is 5.56 Å². The number of aromatic nitrogens is 1. The highest BCUT2D eigenvalue weighted by molar-refractivity contribution is 5.93. The molecule has 0 unspecified atom stereocenters. The van der Waals surface area contributed by atoms with Crippen LogP contribution in [-0.2, 0) is 6.54 Å². The van der Waals surface area contributed by atoms with Gasteiger partial charge in [-0.15, -0.1) is 0 Å². The molecule has 0 N–H and O–H groups in total. The van der Waals surface area contributed by atoms with Gasteiger partial charge in [0.15, 0.2) is 0 Å². The van der Waals surface area contributed by atoms with E-state index < -0.39 is 5.95 Å². The molecule has 20 heavy (non-hydrogen) atoms. The van der Waals surface area contributed by atoms with E-state index in [9.17, 15) is 9.18 Å². The Labute approximate surface area is 118 Å². The maximum absolute atomic E-state index is 12.8. The zero-order valence-corrected chi connectivity index (χ0v) is 11.6. The molecule has 0 aliphatic heterocycles. The first kappa shape index (κ1) is 14.2. The predicted molar refractivity (Wildman–Crippen MR) is 75.8 cm³/mol. The minimum atomic E-state index is -0.580. The van der Waals surface area contributed by atoms with Crippen molar-refractivity contribution >= 4 is 5.91 Å².